The maximum Gasteiger partial charge on any atom is 0.257 e. The first kappa shape index (κ1) is 17.3. The molecule has 1 saturated heterocycles. The third kappa shape index (κ3) is 3.65. The predicted molar refractivity (Wildman–Crippen MR) is 90.9 cm³/mol. The van der Waals surface area contributed by atoms with Gasteiger partial charge in [0.05, 0.1) is 24.6 Å². The number of amides is 1. The summed E-state index contributed by atoms with van der Waals surface area (Å²) < 4.78 is 5.16. The molecule has 0 radical (unpaired) electrons. The number of carbonyl (C=O) groups excluding carboxylic acids is 1. The van der Waals surface area contributed by atoms with E-state index in [0.717, 1.165) is 29.8 Å². The first-order valence-corrected chi connectivity index (χ1v) is 7.41. The number of rotatable bonds is 3. The Morgan fingerprint density at radius 3 is 2.57 bits per heavy atom. The fourth-order valence-electron chi connectivity index (χ4n) is 2.70. The molecule has 0 aliphatic carbocycles. The highest BCUT2D eigenvalue weighted by molar-refractivity contribution is 5.99. The minimum atomic E-state index is 0. The fraction of sp³-hybridized carbons (Fsp3) is 0.375. The lowest BCUT2D eigenvalue weighted by Crippen LogP contribution is -2.42. The lowest BCUT2D eigenvalue weighted by molar-refractivity contribution is 0.0715. The molecule has 6 nitrogen and oxygen atoms in total. The summed E-state index contributed by atoms with van der Waals surface area (Å²) >= 11 is 0. The van der Waals surface area contributed by atoms with E-state index in [1.165, 1.54) is 0 Å². The number of methoxy groups -OCH3 is 1. The van der Waals surface area contributed by atoms with E-state index in [1.54, 1.807) is 13.3 Å². The molecule has 1 aliphatic rings. The van der Waals surface area contributed by atoms with Gasteiger partial charge in [-0.25, -0.2) is 0 Å². The first-order chi connectivity index (χ1) is 10.7. The summed E-state index contributed by atoms with van der Waals surface area (Å²) in [5.41, 5.74) is 8.14. The molecular formula is C16H21ClN4O2. The molecule has 0 atom stereocenters. The molecule has 7 heteroatoms. The summed E-state index contributed by atoms with van der Waals surface area (Å²) in [7, 11) is 1.63. The van der Waals surface area contributed by atoms with Crippen LogP contribution in [0.2, 0.25) is 0 Å². The summed E-state index contributed by atoms with van der Waals surface area (Å²) in [4.78, 5) is 14.5. The number of halogens is 1. The summed E-state index contributed by atoms with van der Waals surface area (Å²) in [6, 6.07) is 7.76. The number of nitrogens with zero attached hydrogens (tertiary/aromatic N) is 2. The number of ether oxygens (including phenoxy) is 1. The largest absolute Gasteiger partial charge is 0.497 e. The standard InChI is InChI=1S/C16H20N4O2.ClH/c1-22-13-4-2-11(3-5-13)15-14(10-18-19-15)16(21)20-8-6-12(17)7-9-20;/h2-5,10,12H,6-9,17H2,1H3,(H,18,19);1H. The summed E-state index contributed by atoms with van der Waals surface area (Å²) in [6.07, 6.45) is 3.29. The monoisotopic (exact) mass is 336 g/mol. The van der Waals surface area contributed by atoms with Gasteiger partial charge in [-0.2, -0.15) is 5.10 Å². The Bertz CT molecular complexity index is 648. The van der Waals surface area contributed by atoms with Gasteiger partial charge < -0.3 is 15.4 Å². The number of benzene rings is 1. The van der Waals surface area contributed by atoms with Crippen molar-refractivity contribution in [2.75, 3.05) is 20.2 Å². The van der Waals surface area contributed by atoms with Gasteiger partial charge in [0, 0.05) is 24.7 Å². The minimum absolute atomic E-state index is 0. The van der Waals surface area contributed by atoms with E-state index in [-0.39, 0.29) is 24.4 Å². The zero-order chi connectivity index (χ0) is 15.5. The average Bonchev–Trinajstić information content (AvgIpc) is 3.04. The Morgan fingerprint density at radius 2 is 1.96 bits per heavy atom. The third-order valence-corrected chi connectivity index (χ3v) is 4.08. The average molecular weight is 337 g/mol. The van der Waals surface area contributed by atoms with Gasteiger partial charge >= 0.3 is 0 Å². The van der Waals surface area contributed by atoms with Crippen molar-refractivity contribution in [3.63, 3.8) is 0 Å². The van der Waals surface area contributed by atoms with E-state index in [0.29, 0.717) is 18.7 Å². The highest BCUT2D eigenvalue weighted by Crippen LogP contribution is 2.25. The van der Waals surface area contributed by atoms with Crippen LogP contribution in [0.4, 0.5) is 0 Å². The van der Waals surface area contributed by atoms with Crippen molar-refractivity contribution in [3.05, 3.63) is 36.0 Å². The Labute approximate surface area is 141 Å². The van der Waals surface area contributed by atoms with Gasteiger partial charge in [0.15, 0.2) is 0 Å². The van der Waals surface area contributed by atoms with Crippen molar-refractivity contribution in [1.29, 1.82) is 0 Å². The van der Waals surface area contributed by atoms with Gasteiger partial charge in [-0.05, 0) is 37.1 Å². The summed E-state index contributed by atoms with van der Waals surface area (Å²) in [5, 5.41) is 6.97. The summed E-state index contributed by atoms with van der Waals surface area (Å²) in [5.74, 6) is 0.785. The number of hydrogen-bond acceptors (Lipinski definition) is 4. The fourth-order valence-corrected chi connectivity index (χ4v) is 2.70. The zero-order valence-corrected chi connectivity index (χ0v) is 13.8. The molecule has 0 saturated carbocycles. The Morgan fingerprint density at radius 1 is 1.30 bits per heavy atom. The smallest absolute Gasteiger partial charge is 0.257 e. The Kier molecular flexibility index (Phi) is 5.63. The maximum absolute atomic E-state index is 12.7. The molecule has 0 bridgehead atoms. The number of hydrogen-bond donors (Lipinski definition) is 2. The van der Waals surface area contributed by atoms with Gasteiger partial charge in [0.2, 0.25) is 0 Å². The molecule has 1 aromatic heterocycles. The van der Waals surface area contributed by atoms with E-state index >= 15 is 0 Å². The van der Waals surface area contributed by atoms with Crippen LogP contribution in [0.5, 0.6) is 5.75 Å². The third-order valence-electron chi connectivity index (χ3n) is 4.08. The van der Waals surface area contributed by atoms with Crippen LogP contribution in [0.1, 0.15) is 23.2 Å². The normalized spacial score (nSPS) is 15.1. The maximum atomic E-state index is 12.7. The van der Waals surface area contributed by atoms with Gasteiger partial charge in [0.25, 0.3) is 5.91 Å². The van der Waals surface area contributed by atoms with Crippen LogP contribution in [0.25, 0.3) is 11.3 Å². The van der Waals surface area contributed by atoms with Crippen LogP contribution in [-0.4, -0.2) is 47.2 Å². The molecule has 0 spiro atoms. The number of nitrogens with two attached hydrogens (primary N) is 1. The number of H-pyrrole nitrogens is 1. The van der Waals surface area contributed by atoms with Crippen molar-refractivity contribution < 1.29 is 9.53 Å². The SMILES string of the molecule is COc1ccc(-c2[nH]ncc2C(=O)N2CCC(N)CC2)cc1.Cl. The minimum Gasteiger partial charge on any atom is -0.497 e. The lowest BCUT2D eigenvalue weighted by Gasteiger charge is -2.30. The van der Waals surface area contributed by atoms with E-state index in [2.05, 4.69) is 10.2 Å². The number of likely N-dealkylation sites (tertiary alicyclic amines) is 1. The molecule has 1 aromatic carbocycles. The van der Waals surface area contributed by atoms with Crippen molar-refractivity contribution in [1.82, 2.24) is 15.1 Å². The number of aromatic amines is 1. The van der Waals surface area contributed by atoms with Crippen LogP contribution in [0.3, 0.4) is 0 Å². The molecule has 23 heavy (non-hydrogen) atoms. The molecule has 0 unspecified atom stereocenters. The van der Waals surface area contributed by atoms with Crippen LogP contribution >= 0.6 is 12.4 Å². The van der Waals surface area contributed by atoms with Gasteiger partial charge in [-0.15, -0.1) is 12.4 Å². The number of nitrogens with one attached hydrogen (secondary N) is 1. The van der Waals surface area contributed by atoms with Crippen LogP contribution in [-0.2, 0) is 0 Å². The van der Waals surface area contributed by atoms with Crippen LogP contribution in [0.15, 0.2) is 30.5 Å². The second-order valence-corrected chi connectivity index (χ2v) is 5.52. The molecule has 3 N–H and O–H groups in total. The molecule has 2 aromatic rings. The first-order valence-electron chi connectivity index (χ1n) is 7.41. The van der Waals surface area contributed by atoms with Crippen molar-refractivity contribution in [3.8, 4) is 17.0 Å². The van der Waals surface area contributed by atoms with Crippen molar-refractivity contribution in [2.24, 2.45) is 5.73 Å². The van der Waals surface area contributed by atoms with E-state index in [9.17, 15) is 4.79 Å². The highest BCUT2D eigenvalue weighted by Gasteiger charge is 2.24. The number of piperidine rings is 1. The predicted octanol–water partition coefficient (Wildman–Crippen LogP) is 2.07. The molecule has 124 valence electrons. The molecule has 2 heterocycles. The van der Waals surface area contributed by atoms with Crippen molar-refractivity contribution in [2.45, 2.75) is 18.9 Å². The second-order valence-electron chi connectivity index (χ2n) is 5.52. The van der Waals surface area contributed by atoms with Crippen LogP contribution in [0, 0.1) is 0 Å². The molecule has 1 aliphatic heterocycles. The molecule has 3 rings (SSSR count). The lowest BCUT2D eigenvalue weighted by atomic mass is 10.0. The van der Waals surface area contributed by atoms with Gasteiger partial charge in [-0.1, -0.05) is 0 Å². The quantitative estimate of drug-likeness (QED) is 0.898. The summed E-state index contributed by atoms with van der Waals surface area (Å²) in [6.45, 7) is 1.40. The van der Waals surface area contributed by atoms with Gasteiger partial charge in [0.1, 0.15) is 5.75 Å². The molecule has 1 amide bonds. The second kappa shape index (κ2) is 7.48. The van der Waals surface area contributed by atoms with E-state index < -0.39 is 0 Å². The van der Waals surface area contributed by atoms with Gasteiger partial charge in [-0.3, -0.25) is 9.89 Å². The highest BCUT2D eigenvalue weighted by atomic mass is 35.5. The Hall–Kier alpha value is -2.05. The zero-order valence-electron chi connectivity index (χ0n) is 13.0. The van der Waals surface area contributed by atoms with Crippen LogP contribution < -0.4 is 10.5 Å². The number of carbonyl (C=O) groups is 1. The Balaban J connectivity index is 0.00000192. The number of aromatic nitrogens is 2. The molecule has 1 fully saturated rings. The molecular weight excluding hydrogens is 316 g/mol. The van der Waals surface area contributed by atoms with Crippen molar-refractivity contribution >= 4 is 18.3 Å². The topological polar surface area (TPSA) is 84.2 Å². The van der Waals surface area contributed by atoms with E-state index in [1.807, 2.05) is 29.2 Å². The van der Waals surface area contributed by atoms with E-state index in [4.69, 9.17) is 10.5 Å².